The Morgan fingerprint density at radius 3 is 2.59 bits per heavy atom. The van der Waals surface area contributed by atoms with Crippen molar-refractivity contribution in [2.45, 2.75) is 32.1 Å². The smallest absolute Gasteiger partial charge is 0.165 e. The molecule has 4 nitrogen and oxygen atoms in total. The van der Waals surface area contributed by atoms with Crippen molar-refractivity contribution in [2.24, 2.45) is 0 Å². The molecule has 0 bridgehead atoms. The Hall–Kier alpha value is -3.67. The van der Waals surface area contributed by atoms with E-state index in [9.17, 15) is 10.5 Å². The van der Waals surface area contributed by atoms with Crippen molar-refractivity contribution in [3.05, 3.63) is 80.6 Å². The maximum absolute atomic E-state index is 9.35. The quantitative estimate of drug-likeness (QED) is 0.599. The molecule has 2 aliphatic heterocycles. The fraction of sp³-hybridized carbons (Fsp3) is 0.222. The Morgan fingerprint density at radius 2 is 1.84 bits per heavy atom. The Bertz CT molecular complexity index is 1430. The van der Waals surface area contributed by atoms with Crippen LogP contribution >= 0.6 is 11.3 Å². The van der Waals surface area contributed by atoms with Gasteiger partial charge in [0.15, 0.2) is 5.57 Å². The molecule has 2 aliphatic rings. The van der Waals surface area contributed by atoms with E-state index in [1.807, 2.05) is 42.5 Å². The molecule has 0 unspecified atom stereocenters. The van der Waals surface area contributed by atoms with Gasteiger partial charge in [0.05, 0.1) is 10.2 Å². The number of para-hydroxylation sites is 1. The van der Waals surface area contributed by atoms with Crippen LogP contribution in [0.4, 0.5) is 5.69 Å². The van der Waals surface area contributed by atoms with Crippen LogP contribution in [0.5, 0.6) is 0 Å². The minimum absolute atomic E-state index is 0.0498. The largest absolute Gasteiger partial charge is 0.344 e. The maximum Gasteiger partial charge on any atom is 0.165 e. The van der Waals surface area contributed by atoms with Gasteiger partial charge in [0.25, 0.3) is 0 Å². The highest BCUT2D eigenvalue weighted by Gasteiger charge is 2.41. The van der Waals surface area contributed by atoms with Crippen LogP contribution in [0, 0.1) is 22.7 Å². The maximum atomic E-state index is 9.35. The lowest BCUT2D eigenvalue weighted by molar-refractivity contribution is 0.626. The summed E-state index contributed by atoms with van der Waals surface area (Å²) in [5.74, 6) is 0. The molecule has 0 N–H and O–H groups in total. The lowest BCUT2D eigenvalue weighted by Gasteiger charge is -2.30. The Labute approximate surface area is 191 Å². The molecule has 0 saturated carbocycles. The monoisotopic (exact) mass is 434 g/mol. The Morgan fingerprint density at radius 1 is 1.06 bits per heavy atom. The van der Waals surface area contributed by atoms with Crippen molar-refractivity contribution >= 4 is 28.7 Å². The second-order valence-corrected chi connectivity index (χ2v) is 9.64. The van der Waals surface area contributed by atoms with Gasteiger partial charge in [-0.25, -0.2) is 4.98 Å². The average molecular weight is 435 g/mol. The highest BCUT2D eigenvalue weighted by molar-refractivity contribution is 7.08. The van der Waals surface area contributed by atoms with Crippen LogP contribution in [0.25, 0.3) is 22.9 Å². The Kier molecular flexibility index (Phi) is 4.93. The number of aryl methyl sites for hydroxylation is 1. The zero-order valence-corrected chi connectivity index (χ0v) is 18.9. The number of hydrogen-bond donors (Lipinski definition) is 0. The third kappa shape index (κ3) is 3.14. The van der Waals surface area contributed by atoms with Crippen molar-refractivity contribution in [1.29, 1.82) is 10.5 Å². The number of aromatic nitrogens is 1. The van der Waals surface area contributed by atoms with Crippen LogP contribution in [0.2, 0.25) is 0 Å². The third-order valence-electron chi connectivity index (χ3n) is 6.35. The van der Waals surface area contributed by atoms with E-state index in [-0.39, 0.29) is 11.0 Å². The van der Waals surface area contributed by atoms with Crippen LogP contribution < -0.4 is 14.1 Å². The van der Waals surface area contributed by atoms with E-state index >= 15 is 0 Å². The number of benzene rings is 2. The van der Waals surface area contributed by atoms with Crippen LogP contribution in [-0.4, -0.2) is 11.5 Å². The topological polar surface area (TPSA) is 63.7 Å². The predicted octanol–water partition coefficient (Wildman–Crippen LogP) is 4.42. The normalized spacial score (nSPS) is 17.7. The molecular formula is C27H22N4S. The van der Waals surface area contributed by atoms with Gasteiger partial charge in [-0.15, -0.1) is 11.3 Å². The summed E-state index contributed by atoms with van der Waals surface area (Å²) in [6.07, 6.45) is 6.58. The number of nitriles is 2. The summed E-state index contributed by atoms with van der Waals surface area (Å²) in [5.41, 5.74) is 7.20. The summed E-state index contributed by atoms with van der Waals surface area (Å²) in [5, 5.41) is 18.7. The van der Waals surface area contributed by atoms with Crippen LogP contribution in [0.1, 0.15) is 31.4 Å². The first-order valence-electron chi connectivity index (χ1n) is 10.7. The zero-order valence-electron chi connectivity index (χ0n) is 18.1. The van der Waals surface area contributed by atoms with Crippen molar-refractivity contribution < 1.29 is 0 Å². The molecular weight excluding hydrogens is 412 g/mol. The van der Waals surface area contributed by atoms with E-state index in [4.69, 9.17) is 0 Å². The van der Waals surface area contributed by atoms with Crippen molar-refractivity contribution in [2.75, 3.05) is 11.4 Å². The predicted molar refractivity (Wildman–Crippen MR) is 129 cm³/mol. The summed E-state index contributed by atoms with van der Waals surface area (Å²) in [7, 11) is 0. The minimum atomic E-state index is -0.0940. The highest BCUT2D eigenvalue weighted by atomic mass is 32.1. The zero-order chi connectivity index (χ0) is 22.3. The summed E-state index contributed by atoms with van der Waals surface area (Å²) in [6, 6.07) is 20.6. The van der Waals surface area contributed by atoms with Gasteiger partial charge in [0.1, 0.15) is 16.8 Å². The standard InChI is InChI=1S/C27H22N4S/c1-27(2)21-12-6-10-19-11-7-15-31(25(19)21)23(27)14-13-22-24(18-8-4-3-5-9-18)30-26(32-22)20(16-28)17-29/h3-6,8-10,12-14H,7,11,15H2,1-2H3/b22-13-,23-14+. The van der Waals surface area contributed by atoms with Crippen molar-refractivity contribution in [1.82, 2.24) is 4.98 Å². The van der Waals surface area contributed by atoms with Crippen LogP contribution in [-0.2, 0) is 11.8 Å². The van der Waals surface area contributed by atoms with Gasteiger partial charge in [-0.2, -0.15) is 10.5 Å². The fourth-order valence-corrected chi connectivity index (χ4v) is 5.73. The van der Waals surface area contributed by atoms with E-state index in [2.05, 4.69) is 54.1 Å². The summed E-state index contributed by atoms with van der Waals surface area (Å²) in [6.45, 7) is 5.59. The van der Waals surface area contributed by atoms with Crippen LogP contribution in [0.15, 0.2) is 60.3 Å². The first kappa shape index (κ1) is 20.2. The van der Waals surface area contributed by atoms with E-state index in [1.54, 1.807) is 0 Å². The molecule has 5 rings (SSSR count). The summed E-state index contributed by atoms with van der Waals surface area (Å²) >= 11 is 1.39. The fourth-order valence-electron chi connectivity index (χ4n) is 4.80. The van der Waals surface area contributed by atoms with E-state index in [0.29, 0.717) is 4.66 Å². The first-order chi connectivity index (χ1) is 15.5. The first-order valence-corrected chi connectivity index (χ1v) is 11.6. The van der Waals surface area contributed by atoms with Gasteiger partial charge in [-0.3, -0.25) is 0 Å². The SMILES string of the molecule is CC1(C)/C(=C\C=c2/sc(=C(C#N)C#N)nc2-c2ccccc2)N2CCCc3cccc1c32. The lowest BCUT2D eigenvalue weighted by atomic mass is 9.83. The molecule has 3 heterocycles. The van der Waals surface area contributed by atoms with E-state index in [0.717, 1.165) is 35.2 Å². The van der Waals surface area contributed by atoms with Crippen molar-refractivity contribution in [3.8, 4) is 23.4 Å². The van der Waals surface area contributed by atoms with Gasteiger partial charge in [0.2, 0.25) is 0 Å². The van der Waals surface area contributed by atoms with E-state index in [1.165, 1.54) is 33.8 Å². The molecule has 0 aliphatic carbocycles. The molecule has 0 radical (unpaired) electrons. The molecule has 32 heavy (non-hydrogen) atoms. The molecule has 0 atom stereocenters. The molecule has 0 fully saturated rings. The summed E-state index contributed by atoms with van der Waals surface area (Å²) < 4.78 is 1.42. The van der Waals surface area contributed by atoms with Gasteiger partial charge in [-0.1, -0.05) is 62.4 Å². The molecule has 2 aromatic carbocycles. The molecule has 156 valence electrons. The number of hydrogen-bond acceptors (Lipinski definition) is 5. The molecule has 1 aromatic heterocycles. The molecule has 0 spiro atoms. The number of nitrogens with zero attached hydrogens (tertiary/aromatic N) is 4. The second-order valence-electron chi connectivity index (χ2n) is 8.61. The van der Waals surface area contributed by atoms with Gasteiger partial charge < -0.3 is 4.90 Å². The number of thiazole rings is 1. The molecule has 5 heteroatoms. The second kappa shape index (κ2) is 7.79. The Balaban J connectivity index is 1.72. The molecule has 3 aromatic rings. The number of anilines is 1. The lowest BCUT2D eigenvalue weighted by Crippen LogP contribution is -2.29. The van der Waals surface area contributed by atoms with E-state index < -0.39 is 0 Å². The number of allylic oxidation sites excluding steroid dienone is 2. The molecule has 0 amide bonds. The van der Waals surface area contributed by atoms with Crippen molar-refractivity contribution in [3.63, 3.8) is 0 Å². The third-order valence-corrected chi connectivity index (χ3v) is 7.39. The summed E-state index contributed by atoms with van der Waals surface area (Å²) in [4.78, 5) is 7.14. The molecule has 0 saturated heterocycles. The minimum Gasteiger partial charge on any atom is -0.344 e. The number of rotatable bonds is 2. The van der Waals surface area contributed by atoms with Gasteiger partial charge in [-0.05, 0) is 36.1 Å². The highest BCUT2D eigenvalue weighted by Crippen LogP contribution is 2.50. The van der Waals surface area contributed by atoms with Crippen LogP contribution in [0.3, 0.4) is 0 Å². The van der Waals surface area contributed by atoms with Gasteiger partial charge in [0, 0.05) is 28.9 Å². The van der Waals surface area contributed by atoms with Gasteiger partial charge >= 0.3 is 0 Å². The average Bonchev–Trinajstić information content (AvgIpc) is 3.32.